The van der Waals surface area contributed by atoms with Crippen molar-refractivity contribution in [2.45, 2.75) is 39.7 Å². The number of anilines is 2. The molecule has 0 spiro atoms. The average Bonchev–Trinajstić information content (AvgIpc) is 2.46. The molecule has 2 rings (SSSR count). The van der Waals surface area contributed by atoms with Crippen molar-refractivity contribution in [2.75, 3.05) is 36.5 Å². The van der Waals surface area contributed by atoms with E-state index in [1.54, 1.807) is 0 Å². The lowest BCUT2D eigenvalue weighted by Gasteiger charge is -2.36. The third-order valence-electron chi connectivity index (χ3n) is 3.45. The van der Waals surface area contributed by atoms with Crippen LogP contribution in [0, 0.1) is 6.92 Å². The number of rotatable bonds is 5. The molecule has 2 heterocycles. The molecule has 1 aromatic rings. The van der Waals surface area contributed by atoms with E-state index in [1.165, 1.54) is 0 Å². The number of hydrogen-bond acceptors (Lipinski definition) is 5. The van der Waals surface area contributed by atoms with Crippen molar-refractivity contribution < 1.29 is 4.74 Å². The third kappa shape index (κ3) is 3.35. The minimum absolute atomic E-state index is 0.418. The van der Waals surface area contributed by atoms with Gasteiger partial charge in [0, 0.05) is 24.8 Å². The summed E-state index contributed by atoms with van der Waals surface area (Å²) in [4.78, 5) is 11.4. The Morgan fingerprint density at radius 1 is 1.47 bits per heavy atom. The Balaban J connectivity index is 2.21. The average molecular weight is 264 g/mol. The summed E-state index contributed by atoms with van der Waals surface area (Å²) < 4.78 is 5.56. The van der Waals surface area contributed by atoms with Gasteiger partial charge in [-0.2, -0.15) is 4.98 Å². The quantitative estimate of drug-likeness (QED) is 0.883. The molecule has 1 unspecified atom stereocenters. The summed E-state index contributed by atoms with van der Waals surface area (Å²) in [6, 6.07) is 0.418. The third-order valence-corrected chi connectivity index (χ3v) is 3.45. The zero-order valence-electron chi connectivity index (χ0n) is 12.1. The van der Waals surface area contributed by atoms with Crippen LogP contribution >= 0.6 is 0 Å². The molecular weight excluding hydrogens is 240 g/mol. The zero-order chi connectivity index (χ0) is 13.7. The molecule has 0 bridgehead atoms. The number of hydrogen-bond donors (Lipinski definition) is 1. The van der Waals surface area contributed by atoms with E-state index in [0.29, 0.717) is 6.04 Å². The van der Waals surface area contributed by atoms with Crippen LogP contribution in [0.25, 0.3) is 0 Å². The van der Waals surface area contributed by atoms with Gasteiger partial charge in [0.05, 0.1) is 19.3 Å². The summed E-state index contributed by atoms with van der Waals surface area (Å²) in [7, 11) is 0. The van der Waals surface area contributed by atoms with Gasteiger partial charge in [-0.15, -0.1) is 0 Å². The predicted molar refractivity (Wildman–Crippen MR) is 77.8 cm³/mol. The van der Waals surface area contributed by atoms with Crippen LogP contribution < -0.4 is 10.2 Å². The first-order valence-electron chi connectivity index (χ1n) is 7.18. The molecule has 1 aromatic heterocycles. The van der Waals surface area contributed by atoms with Crippen LogP contribution in [-0.2, 0) is 4.74 Å². The number of aryl methyl sites for hydroxylation is 1. The van der Waals surface area contributed by atoms with Crippen LogP contribution in [0.2, 0.25) is 0 Å². The van der Waals surface area contributed by atoms with Crippen LogP contribution in [0.3, 0.4) is 0 Å². The molecule has 5 nitrogen and oxygen atoms in total. The van der Waals surface area contributed by atoms with Crippen molar-refractivity contribution in [1.82, 2.24) is 9.97 Å². The van der Waals surface area contributed by atoms with Crippen LogP contribution in [0.4, 0.5) is 11.8 Å². The molecular formula is C14H24N4O. The molecule has 0 saturated carbocycles. The molecule has 0 aromatic carbocycles. The second-order valence-corrected chi connectivity index (χ2v) is 4.96. The highest BCUT2D eigenvalue weighted by atomic mass is 16.5. The molecule has 0 radical (unpaired) electrons. The highest BCUT2D eigenvalue weighted by Crippen LogP contribution is 2.23. The minimum Gasteiger partial charge on any atom is -0.377 e. The number of aromatic nitrogens is 2. The van der Waals surface area contributed by atoms with Gasteiger partial charge in [-0.1, -0.05) is 13.8 Å². The first-order chi connectivity index (χ1) is 9.26. The van der Waals surface area contributed by atoms with E-state index in [2.05, 4.69) is 41.0 Å². The fraction of sp³-hybridized carbons (Fsp3) is 0.714. The second kappa shape index (κ2) is 6.70. The Morgan fingerprint density at radius 2 is 2.32 bits per heavy atom. The molecule has 19 heavy (non-hydrogen) atoms. The maximum absolute atomic E-state index is 5.56. The van der Waals surface area contributed by atoms with Crippen LogP contribution in [-0.4, -0.2) is 42.3 Å². The summed E-state index contributed by atoms with van der Waals surface area (Å²) in [5.74, 6) is 1.77. The highest BCUT2D eigenvalue weighted by molar-refractivity contribution is 5.50. The Kier molecular flexibility index (Phi) is 4.96. The zero-order valence-corrected chi connectivity index (χ0v) is 12.1. The van der Waals surface area contributed by atoms with Gasteiger partial charge in [0.15, 0.2) is 0 Å². The molecule has 1 aliphatic rings. The summed E-state index contributed by atoms with van der Waals surface area (Å²) >= 11 is 0. The van der Waals surface area contributed by atoms with E-state index in [4.69, 9.17) is 4.74 Å². The van der Waals surface area contributed by atoms with E-state index in [-0.39, 0.29) is 0 Å². The van der Waals surface area contributed by atoms with Gasteiger partial charge in [-0.3, -0.25) is 0 Å². The van der Waals surface area contributed by atoms with Crippen molar-refractivity contribution >= 4 is 11.8 Å². The first kappa shape index (κ1) is 14.1. The van der Waals surface area contributed by atoms with Crippen LogP contribution in [0.15, 0.2) is 6.20 Å². The van der Waals surface area contributed by atoms with E-state index < -0.39 is 0 Å². The summed E-state index contributed by atoms with van der Waals surface area (Å²) in [6.07, 6.45) is 4.05. The molecule has 1 N–H and O–H groups in total. The molecule has 5 heteroatoms. The topological polar surface area (TPSA) is 50.3 Å². The van der Waals surface area contributed by atoms with Crippen molar-refractivity contribution in [3.8, 4) is 0 Å². The van der Waals surface area contributed by atoms with E-state index in [0.717, 1.165) is 56.5 Å². The van der Waals surface area contributed by atoms with Crippen molar-refractivity contribution in [2.24, 2.45) is 0 Å². The SMILES string of the molecule is CCCNc1ncc(C)c(N2CCOCC2CC)n1. The van der Waals surface area contributed by atoms with Crippen LogP contribution in [0.5, 0.6) is 0 Å². The lowest BCUT2D eigenvalue weighted by atomic mass is 10.1. The Hall–Kier alpha value is -1.36. The molecule has 1 atom stereocenters. The maximum atomic E-state index is 5.56. The number of morpholine rings is 1. The second-order valence-electron chi connectivity index (χ2n) is 4.96. The van der Waals surface area contributed by atoms with Crippen LogP contribution in [0.1, 0.15) is 32.3 Å². The minimum atomic E-state index is 0.418. The Morgan fingerprint density at radius 3 is 3.05 bits per heavy atom. The lowest BCUT2D eigenvalue weighted by molar-refractivity contribution is 0.0925. The number of nitrogens with zero attached hydrogens (tertiary/aromatic N) is 3. The Labute approximate surface area is 115 Å². The predicted octanol–water partition coefficient (Wildman–Crippen LogP) is 2.22. The van der Waals surface area contributed by atoms with Gasteiger partial charge in [0.1, 0.15) is 5.82 Å². The van der Waals surface area contributed by atoms with Gasteiger partial charge >= 0.3 is 0 Å². The van der Waals surface area contributed by atoms with Gasteiger partial charge < -0.3 is 15.0 Å². The summed E-state index contributed by atoms with van der Waals surface area (Å²) in [5.41, 5.74) is 1.13. The fourth-order valence-corrected chi connectivity index (χ4v) is 2.32. The van der Waals surface area contributed by atoms with E-state index in [9.17, 15) is 0 Å². The van der Waals surface area contributed by atoms with E-state index in [1.807, 2.05) is 6.20 Å². The highest BCUT2D eigenvalue weighted by Gasteiger charge is 2.24. The number of nitrogens with one attached hydrogen (secondary N) is 1. The summed E-state index contributed by atoms with van der Waals surface area (Å²) in [6.45, 7) is 9.78. The normalized spacial score (nSPS) is 19.5. The molecule has 1 fully saturated rings. The van der Waals surface area contributed by atoms with Crippen molar-refractivity contribution in [3.05, 3.63) is 11.8 Å². The van der Waals surface area contributed by atoms with Gasteiger partial charge in [0.2, 0.25) is 5.95 Å². The monoisotopic (exact) mass is 264 g/mol. The van der Waals surface area contributed by atoms with Crippen molar-refractivity contribution in [1.29, 1.82) is 0 Å². The van der Waals surface area contributed by atoms with Gasteiger partial charge in [-0.05, 0) is 19.8 Å². The maximum Gasteiger partial charge on any atom is 0.224 e. The van der Waals surface area contributed by atoms with E-state index >= 15 is 0 Å². The molecule has 0 aliphatic carbocycles. The molecule has 0 amide bonds. The number of ether oxygens (including phenoxy) is 1. The first-order valence-corrected chi connectivity index (χ1v) is 7.18. The van der Waals surface area contributed by atoms with Gasteiger partial charge in [0.25, 0.3) is 0 Å². The molecule has 1 aliphatic heterocycles. The smallest absolute Gasteiger partial charge is 0.224 e. The lowest BCUT2D eigenvalue weighted by Crippen LogP contribution is -2.46. The largest absolute Gasteiger partial charge is 0.377 e. The summed E-state index contributed by atoms with van der Waals surface area (Å²) in [5, 5.41) is 3.25. The van der Waals surface area contributed by atoms with Crippen molar-refractivity contribution in [3.63, 3.8) is 0 Å². The van der Waals surface area contributed by atoms with Gasteiger partial charge in [-0.25, -0.2) is 4.98 Å². The standard InChI is InChI=1S/C14H24N4O/c1-4-6-15-14-16-9-11(3)13(17-14)18-7-8-19-10-12(18)5-2/h9,12H,4-8,10H2,1-3H3,(H,15,16,17). The Bertz CT molecular complexity index is 410. The fourth-order valence-electron chi connectivity index (χ4n) is 2.32. The molecule has 1 saturated heterocycles. The molecule has 106 valence electrons.